The standard InChI is InChI=1S/C32H30ClN3O3S/c1-22-4-14-29(15-5-22)40(38,39)36-21-31(25-10-12-27(33)13-11-25)30-17-26(18-34-32(30)36)24-8-6-23(7-9-24)19-35-16-2-3-28(37)20-35/h4-15,17-18,21,28,37H,2-3,16,19-20H2,1H3. The number of likely N-dealkylation sites (tertiary alicyclic amines) is 1. The highest BCUT2D eigenvalue weighted by Crippen LogP contribution is 2.35. The van der Waals surface area contributed by atoms with E-state index in [1.165, 1.54) is 9.54 Å². The highest BCUT2D eigenvalue weighted by atomic mass is 35.5. The number of aliphatic hydroxyl groups excluding tert-OH is 1. The smallest absolute Gasteiger partial charge is 0.269 e. The van der Waals surface area contributed by atoms with E-state index >= 15 is 0 Å². The molecule has 6 nitrogen and oxygen atoms in total. The summed E-state index contributed by atoms with van der Waals surface area (Å²) >= 11 is 6.15. The zero-order valence-electron chi connectivity index (χ0n) is 22.2. The van der Waals surface area contributed by atoms with Crippen LogP contribution in [0.5, 0.6) is 0 Å². The van der Waals surface area contributed by atoms with Crippen molar-refractivity contribution in [2.75, 3.05) is 13.1 Å². The van der Waals surface area contributed by atoms with Gasteiger partial charge in [-0.15, -0.1) is 0 Å². The van der Waals surface area contributed by atoms with Crippen molar-refractivity contribution in [3.05, 3.63) is 107 Å². The number of piperidine rings is 1. The van der Waals surface area contributed by atoms with Crippen LogP contribution in [0, 0.1) is 6.92 Å². The van der Waals surface area contributed by atoms with Crippen LogP contribution >= 0.6 is 11.6 Å². The number of halogens is 1. The van der Waals surface area contributed by atoms with Crippen molar-refractivity contribution in [1.82, 2.24) is 13.9 Å². The molecule has 1 fully saturated rings. The van der Waals surface area contributed by atoms with Crippen LogP contribution in [0.2, 0.25) is 5.02 Å². The predicted molar refractivity (Wildman–Crippen MR) is 160 cm³/mol. The summed E-state index contributed by atoms with van der Waals surface area (Å²) in [4.78, 5) is 7.17. The number of β-amino-alcohol motifs (C(OH)–C–C–N with tert-alkyl or cyclic N) is 1. The SMILES string of the molecule is Cc1ccc(S(=O)(=O)n2cc(-c3ccc(Cl)cc3)c3cc(-c4ccc(CN5CCCC(O)C5)cc4)cnc32)cc1. The zero-order chi connectivity index (χ0) is 27.9. The summed E-state index contributed by atoms with van der Waals surface area (Å²) in [5, 5.41) is 11.3. The molecule has 0 spiro atoms. The Kier molecular flexibility index (Phi) is 7.23. The lowest BCUT2D eigenvalue weighted by atomic mass is 10.0. The first-order valence-corrected chi connectivity index (χ1v) is 15.2. The van der Waals surface area contributed by atoms with Gasteiger partial charge in [-0.3, -0.25) is 4.90 Å². The number of pyridine rings is 1. The van der Waals surface area contributed by atoms with Crippen molar-refractivity contribution in [3.8, 4) is 22.3 Å². The van der Waals surface area contributed by atoms with Crippen LogP contribution in [0.3, 0.4) is 0 Å². The largest absolute Gasteiger partial charge is 0.392 e. The fraction of sp³-hybridized carbons (Fsp3) is 0.219. The fourth-order valence-corrected chi connectivity index (χ4v) is 6.79. The van der Waals surface area contributed by atoms with Crippen LogP contribution in [-0.4, -0.2) is 46.6 Å². The fourth-order valence-electron chi connectivity index (χ4n) is 5.34. The van der Waals surface area contributed by atoms with Crippen LogP contribution < -0.4 is 0 Å². The van der Waals surface area contributed by atoms with Gasteiger partial charge in [-0.2, -0.15) is 0 Å². The number of nitrogens with zero attached hydrogens (tertiary/aromatic N) is 3. The maximum atomic E-state index is 13.7. The minimum atomic E-state index is -3.87. The Labute approximate surface area is 239 Å². The molecule has 1 aliphatic heterocycles. The zero-order valence-corrected chi connectivity index (χ0v) is 23.7. The second kappa shape index (κ2) is 10.8. The summed E-state index contributed by atoms with van der Waals surface area (Å²) in [6.07, 6.45) is 5.01. The number of hydrogen-bond donors (Lipinski definition) is 1. The minimum absolute atomic E-state index is 0.209. The quantitative estimate of drug-likeness (QED) is 0.251. The summed E-state index contributed by atoms with van der Waals surface area (Å²) < 4.78 is 28.7. The third kappa shape index (κ3) is 5.30. The molecule has 2 aromatic heterocycles. The second-order valence-electron chi connectivity index (χ2n) is 10.5. The Hall–Kier alpha value is -3.49. The van der Waals surface area contributed by atoms with Crippen LogP contribution in [0.4, 0.5) is 0 Å². The molecular formula is C32H30ClN3O3S. The van der Waals surface area contributed by atoms with Crippen molar-refractivity contribution in [3.63, 3.8) is 0 Å². The molecule has 204 valence electrons. The lowest BCUT2D eigenvalue weighted by Crippen LogP contribution is -2.37. The van der Waals surface area contributed by atoms with Gasteiger partial charge in [-0.25, -0.2) is 17.4 Å². The normalized spacial score (nSPS) is 16.4. The van der Waals surface area contributed by atoms with Crippen molar-refractivity contribution >= 4 is 32.7 Å². The average Bonchev–Trinajstić information content (AvgIpc) is 3.34. The van der Waals surface area contributed by atoms with Crippen LogP contribution in [0.1, 0.15) is 24.0 Å². The Morgan fingerprint density at radius 2 is 1.65 bits per heavy atom. The van der Waals surface area contributed by atoms with Gasteiger partial charge in [-0.05, 0) is 73.3 Å². The van der Waals surface area contributed by atoms with Crippen molar-refractivity contribution < 1.29 is 13.5 Å². The monoisotopic (exact) mass is 571 g/mol. The predicted octanol–water partition coefficient (Wildman–Crippen LogP) is 6.53. The lowest BCUT2D eigenvalue weighted by Gasteiger charge is -2.29. The number of hydrogen-bond acceptors (Lipinski definition) is 5. The van der Waals surface area contributed by atoms with E-state index in [9.17, 15) is 13.5 Å². The third-order valence-electron chi connectivity index (χ3n) is 7.52. The van der Waals surface area contributed by atoms with E-state index in [0.717, 1.165) is 59.1 Å². The molecule has 8 heteroatoms. The molecule has 3 heterocycles. The topological polar surface area (TPSA) is 75.4 Å². The van der Waals surface area contributed by atoms with E-state index in [-0.39, 0.29) is 11.0 Å². The van der Waals surface area contributed by atoms with Gasteiger partial charge in [0.15, 0.2) is 5.65 Å². The summed E-state index contributed by atoms with van der Waals surface area (Å²) in [6, 6.07) is 24.6. The average molecular weight is 572 g/mol. The molecule has 1 atom stereocenters. The maximum absolute atomic E-state index is 13.7. The van der Waals surface area contributed by atoms with E-state index in [0.29, 0.717) is 17.2 Å². The molecule has 0 amide bonds. The van der Waals surface area contributed by atoms with E-state index in [1.807, 2.05) is 25.1 Å². The molecule has 1 N–H and O–H groups in total. The van der Waals surface area contributed by atoms with Gasteiger partial charge in [0.25, 0.3) is 10.0 Å². The Morgan fingerprint density at radius 3 is 2.35 bits per heavy atom. The molecule has 0 radical (unpaired) electrons. The maximum Gasteiger partial charge on any atom is 0.269 e. The third-order valence-corrected chi connectivity index (χ3v) is 9.44. The van der Waals surface area contributed by atoms with Crippen LogP contribution in [0.25, 0.3) is 33.3 Å². The van der Waals surface area contributed by atoms with E-state index in [1.54, 1.807) is 48.8 Å². The molecule has 0 bridgehead atoms. The first-order valence-electron chi connectivity index (χ1n) is 13.4. The Balaban J connectivity index is 1.40. The molecule has 1 saturated heterocycles. The molecule has 0 saturated carbocycles. The summed E-state index contributed by atoms with van der Waals surface area (Å²) in [5.41, 5.74) is 6.04. The second-order valence-corrected chi connectivity index (χ2v) is 12.7. The molecule has 5 aromatic rings. The molecule has 6 rings (SSSR count). The molecular weight excluding hydrogens is 542 g/mol. The van der Waals surface area contributed by atoms with Gasteiger partial charge in [0.1, 0.15) is 0 Å². The summed E-state index contributed by atoms with van der Waals surface area (Å²) in [6.45, 7) is 4.43. The van der Waals surface area contributed by atoms with E-state index in [2.05, 4.69) is 34.1 Å². The number of benzene rings is 3. The first kappa shape index (κ1) is 26.7. The number of rotatable bonds is 6. The number of aryl methyl sites for hydroxylation is 1. The van der Waals surface area contributed by atoms with Crippen LogP contribution in [0.15, 0.2) is 96.2 Å². The van der Waals surface area contributed by atoms with E-state index < -0.39 is 10.0 Å². The van der Waals surface area contributed by atoms with Gasteiger partial charge in [0, 0.05) is 47.0 Å². The van der Waals surface area contributed by atoms with Gasteiger partial charge in [0.05, 0.1) is 11.0 Å². The highest BCUT2D eigenvalue weighted by molar-refractivity contribution is 7.90. The number of aliphatic hydroxyl groups is 1. The molecule has 0 aliphatic carbocycles. The minimum Gasteiger partial charge on any atom is -0.392 e. The van der Waals surface area contributed by atoms with Gasteiger partial charge < -0.3 is 5.11 Å². The van der Waals surface area contributed by atoms with Gasteiger partial charge in [0.2, 0.25) is 0 Å². The van der Waals surface area contributed by atoms with Crippen molar-refractivity contribution in [2.24, 2.45) is 0 Å². The Bertz CT molecular complexity index is 1760. The van der Waals surface area contributed by atoms with Gasteiger partial charge in [-0.1, -0.05) is 65.7 Å². The number of aromatic nitrogens is 2. The summed E-state index contributed by atoms with van der Waals surface area (Å²) in [5.74, 6) is 0. The molecule has 1 unspecified atom stereocenters. The molecule has 1 aliphatic rings. The van der Waals surface area contributed by atoms with E-state index in [4.69, 9.17) is 11.6 Å². The number of fused-ring (bicyclic) bond motifs is 1. The van der Waals surface area contributed by atoms with Crippen LogP contribution in [-0.2, 0) is 16.6 Å². The van der Waals surface area contributed by atoms with Crippen molar-refractivity contribution in [1.29, 1.82) is 0 Å². The summed E-state index contributed by atoms with van der Waals surface area (Å²) in [7, 11) is -3.87. The lowest BCUT2D eigenvalue weighted by molar-refractivity contribution is 0.0668. The molecule has 3 aromatic carbocycles. The van der Waals surface area contributed by atoms with Gasteiger partial charge >= 0.3 is 0 Å². The van der Waals surface area contributed by atoms with Crippen molar-refractivity contribution in [2.45, 2.75) is 37.3 Å². The Morgan fingerprint density at radius 1 is 0.950 bits per heavy atom. The molecule has 40 heavy (non-hydrogen) atoms. The highest BCUT2D eigenvalue weighted by Gasteiger charge is 2.23. The first-order chi connectivity index (χ1) is 19.3.